The van der Waals surface area contributed by atoms with Crippen molar-refractivity contribution in [1.82, 2.24) is 9.97 Å². The van der Waals surface area contributed by atoms with Crippen molar-refractivity contribution >= 4 is 45.6 Å². The van der Waals surface area contributed by atoms with Crippen molar-refractivity contribution in [2.45, 2.75) is 5.88 Å². The summed E-state index contributed by atoms with van der Waals surface area (Å²) in [6.07, 6.45) is 3.28. The highest BCUT2D eigenvalue weighted by molar-refractivity contribution is 7.13. The molecule has 0 saturated heterocycles. The molecule has 0 fully saturated rings. The number of hydrogen-bond donors (Lipinski definition) is 2. The topological polar surface area (TPSA) is 90.2 Å². The predicted molar refractivity (Wildman–Crippen MR) is 76.4 cm³/mol. The van der Waals surface area contributed by atoms with Gasteiger partial charge in [0.1, 0.15) is 0 Å². The summed E-state index contributed by atoms with van der Waals surface area (Å²) in [4.78, 5) is 11.5. The summed E-state index contributed by atoms with van der Waals surface area (Å²) >= 11 is 12.5. The minimum atomic E-state index is 0.0463. The highest BCUT2D eigenvalue weighted by Gasteiger charge is 1.90. The molecule has 0 unspecified atom stereocenters. The van der Waals surface area contributed by atoms with Crippen LogP contribution in [0.4, 0.5) is 5.13 Å². The standard InChI is InChI=1S/C6H5Cl2N.C4H6N4S/c7-4-6-3-5(8)1-2-9-6;5-3(6)8-4-7-1-2-9-4/h1-3H,4H2;1-2H,(H4,5,6,7,8). The third-order valence-corrected chi connectivity index (χ3v) is 2.73. The summed E-state index contributed by atoms with van der Waals surface area (Å²) in [6.45, 7) is 0. The molecule has 0 bridgehead atoms. The number of halogens is 2. The molecule has 2 aromatic rings. The first-order valence-electron chi connectivity index (χ1n) is 4.77. The first kappa shape index (κ1) is 14.7. The van der Waals surface area contributed by atoms with E-state index >= 15 is 0 Å². The van der Waals surface area contributed by atoms with Crippen LogP contribution in [0, 0.1) is 0 Å². The Balaban J connectivity index is 0.000000180. The Bertz CT molecular complexity index is 497. The van der Waals surface area contributed by atoms with Gasteiger partial charge in [0.25, 0.3) is 0 Å². The lowest BCUT2D eigenvalue weighted by molar-refractivity contribution is 1.17. The van der Waals surface area contributed by atoms with Gasteiger partial charge in [-0.25, -0.2) is 4.98 Å². The van der Waals surface area contributed by atoms with E-state index in [0.717, 1.165) is 5.69 Å². The molecule has 2 heterocycles. The number of thiazole rings is 1. The third kappa shape index (κ3) is 5.81. The van der Waals surface area contributed by atoms with Gasteiger partial charge in [0.15, 0.2) is 5.96 Å². The average molecular weight is 304 g/mol. The van der Waals surface area contributed by atoms with E-state index in [2.05, 4.69) is 15.0 Å². The molecule has 18 heavy (non-hydrogen) atoms. The van der Waals surface area contributed by atoms with Gasteiger partial charge >= 0.3 is 0 Å². The molecule has 0 radical (unpaired) electrons. The zero-order valence-corrected chi connectivity index (χ0v) is 11.6. The van der Waals surface area contributed by atoms with Crippen LogP contribution >= 0.6 is 34.5 Å². The second-order valence-corrected chi connectivity index (χ2v) is 4.53. The summed E-state index contributed by atoms with van der Waals surface area (Å²) < 4.78 is 0. The Hall–Kier alpha value is -1.37. The number of guanidine groups is 1. The molecule has 0 aliphatic carbocycles. The quantitative estimate of drug-likeness (QED) is 0.507. The van der Waals surface area contributed by atoms with Gasteiger partial charge in [0.05, 0.1) is 11.6 Å². The maximum Gasteiger partial charge on any atom is 0.212 e. The van der Waals surface area contributed by atoms with Gasteiger partial charge in [-0.2, -0.15) is 4.99 Å². The van der Waals surface area contributed by atoms with E-state index in [-0.39, 0.29) is 5.96 Å². The monoisotopic (exact) mass is 303 g/mol. The van der Waals surface area contributed by atoms with Gasteiger partial charge in [0.2, 0.25) is 5.13 Å². The fraction of sp³-hybridized carbons (Fsp3) is 0.100. The van der Waals surface area contributed by atoms with Crippen LogP contribution in [-0.2, 0) is 5.88 Å². The molecule has 0 aliphatic heterocycles. The largest absolute Gasteiger partial charge is 0.370 e. The lowest BCUT2D eigenvalue weighted by atomic mass is 10.4. The maximum atomic E-state index is 5.62. The molecule has 0 atom stereocenters. The number of hydrogen-bond acceptors (Lipinski definition) is 4. The van der Waals surface area contributed by atoms with Crippen LogP contribution in [0.3, 0.4) is 0 Å². The molecule has 0 aliphatic rings. The zero-order chi connectivity index (χ0) is 13.4. The van der Waals surface area contributed by atoms with Gasteiger partial charge in [-0.1, -0.05) is 11.6 Å². The number of alkyl halides is 1. The second kappa shape index (κ2) is 7.86. The van der Waals surface area contributed by atoms with E-state index in [1.54, 1.807) is 24.5 Å². The molecular formula is C10H11Cl2N5S. The van der Waals surface area contributed by atoms with Crippen LogP contribution in [-0.4, -0.2) is 15.9 Å². The van der Waals surface area contributed by atoms with Crippen molar-refractivity contribution < 1.29 is 0 Å². The zero-order valence-electron chi connectivity index (χ0n) is 9.25. The molecule has 0 aromatic carbocycles. The SMILES string of the molecule is ClCc1cc(Cl)ccn1.NC(N)=Nc1nccs1. The van der Waals surface area contributed by atoms with Crippen LogP contribution in [0.5, 0.6) is 0 Å². The Kier molecular flexibility index (Phi) is 6.42. The van der Waals surface area contributed by atoms with Crippen molar-refractivity contribution in [2.75, 3.05) is 0 Å². The highest BCUT2D eigenvalue weighted by Crippen LogP contribution is 2.13. The van der Waals surface area contributed by atoms with E-state index in [1.807, 2.05) is 5.38 Å². The molecule has 96 valence electrons. The van der Waals surface area contributed by atoms with Crippen LogP contribution in [0.25, 0.3) is 0 Å². The fourth-order valence-corrected chi connectivity index (χ4v) is 1.76. The smallest absolute Gasteiger partial charge is 0.212 e. The Morgan fingerprint density at radius 1 is 1.33 bits per heavy atom. The van der Waals surface area contributed by atoms with E-state index in [4.69, 9.17) is 34.7 Å². The fourth-order valence-electron chi connectivity index (χ4n) is 0.903. The molecule has 5 nitrogen and oxygen atoms in total. The number of pyridine rings is 1. The normalized spacial score (nSPS) is 9.22. The Labute approximate surface area is 118 Å². The Morgan fingerprint density at radius 2 is 2.11 bits per heavy atom. The minimum absolute atomic E-state index is 0.0463. The summed E-state index contributed by atoms with van der Waals surface area (Å²) in [5.74, 6) is 0.463. The van der Waals surface area contributed by atoms with E-state index < -0.39 is 0 Å². The molecule has 8 heteroatoms. The molecule has 2 rings (SSSR count). The number of rotatable bonds is 2. The van der Waals surface area contributed by atoms with Gasteiger partial charge in [-0.3, -0.25) is 4.98 Å². The summed E-state index contributed by atoms with van der Waals surface area (Å²) in [6, 6.07) is 3.46. The third-order valence-electron chi connectivity index (χ3n) is 1.56. The molecule has 2 aromatic heterocycles. The minimum Gasteiger partial charge on any atom is -0.370 e. The molecule has 4 N–H and O–H groups in total. The lowest BCUT2D eigenvalue weighted by Gasteiger charge is -1.91. The number of nitrogens with two attached hydrogens (primary N) is 2. The summed E-state index contributed by atoms with van der Waals surface area (Å²) in [5.41, 5.74) is 11.0. The number of aliphatic imine (C=N–C) groups is 1. The van der Waals surface area contributed by atoms with Crippen LogP contribution < -0.4 is 11.5 Å². The Morgan fingerprint density at radius 3 is 2.56 bits per heavy atom. The number of nitrogens with zero attached hydrogens (tertiary/aromatic N) is 3. The number of aromatic nitrogens is 2. The van der Waals surface area contributed by atoms with Crippen LogP contribution in [0.2, 0.25) is 5.02 Å². The molecule has 0 saturated carbocycles. The van der Waals surface area contributed by atoms with Gasteiger partial charge < -0.3 is 11.5 Å². The molecule has 0 amide bonds. The van der Waals surface area contributed by atoms with Crippen molar-refractivity contribution in [3.05, 3.63) is 40.6 Å². The van der Waals surface area contributed by atoms with E-state index in [9.17, 15) is 0 Å². The molecular weight excluding hydrogens is 293 g/mol. The van der Waals surface area contributed by atoms with E-state index in [1.165, 1.54) is 11.3 Å². The predicted octanol–water partition coefficient (Wildman–Crippen LogP) is 2.52. The van der Waals surface area contributed by atoms with Crippen LogP contribution in [0.1, 0.15) is 5.69 Å². The summed E-state index contributed by atoms with van der Waals surface area (Å²) in [5, 5.41) is 3.08. The van der Waals surface area contributed by atoms with Crippen LogP contribution in [0.15, 0.2) is 34.9 Å². The van der Waals surface area contributed by atoms with Gasteiger partial charge in [0, 0.05) is 22.8 Å². The van der Waals surface area contributed by atoms with Crippen molar-refractivity contribution in [3.63, 3.8) is 0 Å². The van der Waals surface area contributed by atoms with Crippen molar-refractivity contribution in [2.24, 2.45) is 16.5 Å². The first-order chi connectivity index (χ1) is 8.61. The van der Waals surface area contributed by atoms with E-state index in [0.29, 0.717) is 16.0 Å². The second-order valence-electron chi connectivity index (χ2n) is 2.95. The average Bonchev–Trinajstić information content (AvgIpc) is 2.82. The summed E-state index contributed by atoms with van der Waals surface area (Å²) in [7, 11) is 0. The van der Waals surface area contributed by atoms with Gasteiger partial charge in [-0.15, -0.1) is 22.9 Å². The van der Waals surface area contributed by atoms with Gasteiger partial charge in [-0.05, 0) is 12.1 Å². The first-order valence-corrected chi connectivity index (χ1v) is 6.56. The van der Waals surface area contributed by atoms with Crippen molar-refractivity contribution in [1.29, 1.82) is 0 Å². The van der Waals surface area contributed by atoms with Crippen molar-refractivity contribution in [3.8, 4) is 0 Å². The molecule has 0 spiro atoms. The maximum absolute atomic E-state index is 5.62. The lowest BCUT2D eigenvalue weighted by Crippen LogP contribution is -2.21. The highest BCUT2D eigenvalue weighted by atomic mass is 35.5.